The van der Waals surface area contributed by atoms with Crippen molar-refractivity contribution in [3.8, 4) is 11.5 Å². The quantitative estimate of drug-likeness (QED) is 0.743. The standard InChI is InChI=1S/C18H25NO5/c1-12(2)11-24-17-13(5-4-6-16(17)23-3)10-19-8-7-14(20)9-15(19)18(21)22/h4-6,14-15,20H,1,7-11H2,2-3H3,(H,21,22)/t14-,15+/m1/s1. The number of piperidine rings is 1. The number of likely N-dealkylation sites (tertiary alicyclic amines) is 1. The highest BCUT2D eigenvalue weighted by Gasteiger charge is 2.33. The molecular weight excluding hydrogens is 310 g/mol. The first-order valence-corrected chi connectivity index (χ1v) is 8.00. The van der Waals surface area contributed by atoms with Crippen molar-refractivity contribution in [2.45, 2.75) is 38.5 Å². The number of carbonyl (C=O) groups is 1. The maximum atomic E-state index is 11.5. The smallest absolute Gasteiger partial charge is 0.321 e. The molecule has 1 heterocycles. The van der Waals surface area contributed by atoms with Crippen LogP contribution in [0.5, 0.6) is 11.5 Å². The summed E-state index contributed by atoms with van der Waals surface area (Å²) < 4.78 is 11.2. The van der Waals surface area contributed by atoms with Crippen LogP contribution in [0.1, 0.15) is 25.3 Å². The lowest BCUT2D eigenvalue weighted by Gasteiger charge is -2.35. The number of para-hydroxylation sites is 1. The van der Waals surface area contributed by atoms with Crippen molar-refractivity contribution in [2.24, 2.45) is 0 Å². The highest BCUT2D eigenvalue weighted by Crippen LogP contribution is 2.33. The van der Waals surface area contributed by atoms with Crippen molar-refractivity contribution in [3.63, 3.8) is 0 Å². The molecule has 0 radical (unpaired) electrons. The third-order valence-corrected chi connectivity index (χ3v) is 4.09. The summed E-state index contributed by atoms with van der Waals surface area (Å²) in [5.41, 5.74) is 1.75. The van der Waals surface area contributed by atoms with Crippen LogP contribution in [0.15, 0.2) is 30.4 Å². The number of carboxylic acids is 1. The van der Waals surface area contributed by atoms with Gasteiger partial charge in [-0.1, -0.05) is 18.7 Å². The summed E-state index contributed by atoms with van der Waals surface area (Å²) in [5, 5.41) is 19.2. The second kappa shape index (κ2) is 8.17. The van der Waals surface area contributed by atoms with Gasteiger partial charge in [-0.15, -0.1) is 0 Å². The Hall–Kier alpha value is -2.05. The van der Waals surface area contributed by atoms with E-state index in [0.29, 0.717) is 37.6 Å². The molecule has 0 unspecified atom stereocenters. The Kier molecular flexibility index (Phi) is 6.23. The van der Waals surface area contributed by atoms with Crippen molar-refractivity contribution in [1.29, 1.82) is 0 Å². The lowest BCUT2D eigenvalue weighted by atomic mass is 9.98. The topological polar surface area (TPSA) is 79.2 Å². The van der Waals surface area contributed by atoms with Crippen molar-refractivity contribution >= 4 is 5.97 Å². The van der Waals surface area contributed by atoms with E-state index in [1.54, 1.807) is 7.11 Å². The van der Waals surface area contributed by atoms with Crippen molar-refractivity contribution in [3.05, 3.63) is 35.9 Å². The third kappa shape index (κ3) is 4.49. The van der Waals surface area contributed by atoms with Gasteiger partial charge in [0, 0.05) is 18.7 Å². The minimum absolute atomic E-state index is 0.237. The van der Waals surface area contributed by atoms with Gasteiger partial charge in [0.2, 0.25) is 0 Å². The van der Waals surface area contributed by atoms with Crippen LogP contribution in [-0.2, 0) is 11.3 Å². The van der Waals surface area contributed by atoms with E-state index in [4.69, 9.17) is 9.47 Å². The molecule has 0 aromatic heterocycles. The first-order valence-electron chi connectivity index (χ1n) is 8.00. The predicted molar refractivity (Wildman–Crippen MR) is 90.4 cm³/mol. The van der Waals surface area contributed by atoms with Crippen LogP contribution < -0.4 is 9.47 Å². The zero-order chi connectivity index (χ0) is 17.7. The molecule has 0 aliphatic carbocycles. The number of benzene rings is 1. The first kappa shape index (κ1) is 18.3. The Labute approximate surface area is 142 Å². The number of methoxy groups -OCH3 is 1. The molecule has 2 atom stereocenters. The number of carboxylic acid groups (broad SMARTS) is 1. The van der Waals surface area contributed by atoms with Gasteiger partial charge in [-0.3, -0.25) is 9.69 Å². The second-order valence-corrected chi connectivity index (χ2v) is 6.20. The van der Waals surface area contributed by atoms with Crippen LogP contribution in [0, 0.1) is 0 Å². The van der Waals surface area contributed by atoms with Crippen molar-refractivity contribution in [2.75, 3.05) is 20.3 Å². The van der Waals surface area contributed by atoms with Gasteiger partial charge in [-0.25, -0.2) is 0 Å². The maximum Gasteiger partial charge on any atom is 0.321 e. The molecule has 1 aliphatic rings. The zero-order valence-electron chi connectivity index (χ0n) is 14.2. The summed E-state index contributed by atoms with van der Waals surface area (Å²) in [6.45, 7) is 7.03. The van der Waals surface area contributed by atoms with E-state index >= 15 is 0 Å². The third-order valence-electron chi connectivity index (χ3n) is 4.09. The fourth-order valence-electron chi connectivity index (χ4n) is 2.87. The monoisotopic (exact) mass is 335 g/mol. The Bertz CT molecular complexity index is 601. The molecule has 1 aromatic rings. The van der Waals surface area contributed by atoms with Gasteiger partial charge in [0.05, 0.1) is 13.2 Å². The molecule has 1 saturated heterocycles. The molecular formula is C18H25NO5. The Morgan fingerprint density at radius 2 is 2.21 bits per heavy atom. The molecule has 0 spiro atoms. The van der Waals surface area contributed by atoms with Gasteiger partial charge < -0.3 is 19.7 Å². The van der Waals surface area contributed by atoms with Gasteiger partial charge in [0.1, 0.15) is 12.6 Å². The van der Waals surface area contributed by atoms with Crippen LogP contribution in [0.2, 0.25) is 0 Å². The minimum atomic E-state index is -0.916. The SMILES string of the molecule is C=C(C)COc1c(CN2CC[C@@H](O)C[C@H]2C(=O)O)cccc1OC. The van der Waals surface area contributed by atoms with Crippen LogP contribution in [0.3, 0.4) is 0 Å². The molecule has 6 nitrogen and oxygen atoms in total. The predicted octanol–water partition coefficient (Wildman–Crippen LogP) is 2.06. The first-order chi connectivity index (χ1) is 11.4. The van der Waals surface area contributed by atoms with Gasteiger partial charge in [0.25, 0.3) is 0 Å². The molecule has 0 amide bonds. The second-order valence-electron chi connectivity index (χ2n) is 6.20. The van der Waals surface area contributed by atoms with Crippen LogP contribution in [0.4, 0.5) is 0 Å². The molecule has 2 rings (SSSR count). The molecule has 1 fully saturated rings. The zero-order valence-corrected chi connectivity index (χ0v) is 14.2. The van der Waals surface area contributed by atoms with E-state index in [0.717, 1.165) is 11.1 Å². The van der Waals surface area contributed by atoms with Gasteiger partial charge in [-0.2, -0.15) is 0 Å². The van der Waals surface area contributed by atoms with E-state index in [2.05, 4.69) is 6.58 Å². The average molecular weight is 335 g/mol. The fourth-order valence-corrected chi connectivity index (χ4v) is 2.87. The molecule has 6 heteroatoms. The minimum Gasteiger partial charge on any atom is -0.493 e. The number of aliphatic hydroxyl groups is 1. The molecule has 24 heavy (non-hydrogen) atoms. The fraction of sp³-hybridized carbons (Fsp3) is 0.500. The van der Waals surface area contributed by atoms with Crippen LogP contribution in [-0.4, -0.2) is 53.5 Å². The molecule has 1 aliphatic heterocycles. The van der Waals surface area contributed by atoms with Gasteiger partial charge in [-0.05, 0) is 31.4 Å². The van der Waals surface area contributed by atoms with Crippen molar-refractivity contribution in [1.82, 2.24) is 4.90 Å². The highest BCUT2D eigenvalue weighted by atomic mass is 16.5. The summed E-state index contributed by atoms with van der Waals surface area (Å²) in [6, 6.07) is 4.87. The molecule has 0 saturated carbocycles. The number of hydrogen-bond donors (Lipinski definition) is 2. The Morgan fingerprint density at radius 1 is 1.46 bits per heavy atom. The summed E-state index contributed by atoms with van der Waals surface area (Å²) in [6.07, 6.45) is 0.239. The molecule has 132 valence electrons. The van der Waals surface area contributed by atoms with Crippen LogP contribution >= 0.6 is 0 Å². The lowest BCUT2D eigenvalue weighted by Crippen LogP contribution is -2.48. The number of nitrogens with zero attached hydrogens (tertiary/aromatic N) is 1. The van der Waals surface area contributed by atoms with Gasteiger partial charge in [0.15, 0.2) is 11.5 Å². The van der Waals surface area contributed by atoms with E-state index in [9.17, 15) is 15.0 Å². The Balaban J connectivity index is 2.24. The molecule has 2 N–H and O–H groups in total. The number of ether oxygens (including phenoxy) is 2. The average Bonchev–Trinajstić information content (AvgIpc) is 2.54. The lowest BCUT2D eigenvalue weighted by molar-refractivity contribution is -0.147. The number of aliphatic carboxylic acids is 1. The Morgan fingerprint density at radius 3 is 2.83 bits per heavy atom. The van der Waals surface area contributed by atoms with E-state index in [1.165, 1.54) is 0 Å². The molecule has 1 aromatic carbocycles. The van der Waals surface area contributed by atoms with Crippen molar-refractivity contribution < 1.29 is 24.5 Å². The number of rotatable bonds is 7. The van der Waals surface area contributed by atoms with Gasteiger partial charge >= 0.3 is 5.97 Å². The highest BCUT2D eigenvalue weighted by molar-refractivity contribution is 5.73. The maximum absolute atomic E-state index is 11.5. The normalized spacial score (nSPS) is 21.3. The van der Waals surface area contributed by atoms with E-state index in [-0.39, 0.29) is 6.42 Å². The summed E-state index contributed by atoms with van der Waals surface area (Å²) in [7, 11) is 1.57. The number of hydrogen-bond acceptors (Lipinski definition) is 5. The largest absolute Gasteiger partial charge is 0.493 e. The van der Waals surface area contributed by atoms with E-state index in [1.807, 2.05) is 30.0 Å². The summed E-state index contributed by atoms with van der Waals surface area (Å²) in [4.78, 5) is 13.4. The molecule has 0 bridgehead atoms. The number of aliphatic hydroxyl groups excluding tert-OH is 1. The van der Waals surface area contributed by atoms with Crippen LogP contribution in [0.25, 0.3) is 0 Å². The summed E-state index contributed by atoms with van der Waals surface area (Å²) >= 11 is 0. The van der Waals surface area contributed by atoms with E-state index < -0.39 is 18.1 Å². The summed E-state index contributed by atoms with van der Waals surface area (Å²) in [5.74, 6) is 0.303.